The van der Waals surface area contributed by atoms with Crippen molar-refractivity contribution in [3.8, 4) is 10.4 Å². The highest BCUT2D eigenvalue weighted by molar-refractivity contribution is 7.20. The van der Waals surface area contributed by atoms with Gasteiger partial charge in [-0.25, -0.2) is 4.79 Å². The Labute approximate surface area is 112 Å². The smallest absolute Gasteiger partial charge is 0.348 e. The maximum absolute atomic E-state index is 11.5. The molecule has 0 bridgehead atoms. The van der Waals surface area contributed by atoms with Gasteiger partial charge in [0.05, 0.1) is 7.11 Å². The molecule has 90 valence electrons. The molecule has 3 aromatic rings. The zero-order valence-electron chi connectivity index (χ0n) is 9.67. The minimum absolute atomic E-state index is 0.270. The second-order valence-electron chi connectivity index (χ2n) is 3.83. The predicted octanol–water partition coefficient (Wildman–Crippen LogP) is 4.42. The SMILES string of the molecule is COC(=O)c1cc2cc(-c3cccs3)ccc2s1. The average Bonchev–Trinajstić information content (AvgIpc) is 3.05. The maximum Gasteiger partial charge on any atom is 0.348 e. The topological polar surface area (TPSA) is 26.3 Å². The Hall–Kier alpha value is -1.65. The molecule has 3 rings (SSSR count). The Balaban J connectivity index is 2.10. The third-order valence-corrected chi connectivity index (χ3v) is 4.72. The van der Waals surface area contributed by atoms with Crippen molar-refractivity contribution in [2.24, 2.45) is 0 Å². The van der Waals surface area contributed by atoms with E-state index >= 15 is 0 Å². The van der Waals surface area contributed by atoms with E-state index in [-0.39, 0.29) is 5.97 Å². The van der Waals surface area contributed by atoms with Crippen molar-refractivity contribution in [2.75, 3.05) is 7.11 Å². The van der Waals surface area contributed by atoms with Crippen LogP contribution < -0.4 is 0 Å². The van der Waals surface area contributed by atoms with Gasteiger partial charge in [-0.05, 0) is 40.6 Å². The van der Waals surface area contributed by atoms with Crippen LogP contribution in [0.15, 0.2) is 41.8 Å². The average molecular weight is 274 g/mol. The van der Waals surface area contributed by atoms with Crippen molar-refractivity contribution in [2.45, 2.75) is 0 Å². The minimum Gasteiger partial charge on any atom is -0.465 e. The van der Waals surface area contributed by atoms with Crippen LogP contribution in [-0.4, -0.2) is 13.1 Å². The molecule has 1 aromatic carbocycles. The quantitative estimate of drug-likeness (QED) is 0.647. The van der Waals surface area contributed by atoms with Gasteiger partial charge in [0.1, 0.15) is 4.88 Å². The fourth-order valence-electron chi connectivity index (χ4n) is 1.84. The van der Waals surface area contributed by atoms with Crippen LogP contribution >= 0.6 is 22.7 Å². The molecule has 0 saturated heterocycles. The van der Waals surface area contributed by atoms with Crippen LogP contribution in [0.4, 0.5) is 0 Å². The fourth-order valence-corrected chi connectivity index (χ4v) is 3.53. The number of esters is 1. The molecular weight excluding hydrogens is 264 g/mol. The van der Waals surface area contributed by atoms with Crippen LogP contribution in [0.5, 0.6) is 0 Å². The Kier molecular flexibility index (Phi) is 2.89. The van der Waals surface area contributed by atoms with E-state index in [9.17, 15) is 4.79 Å². The van der Waals surface area contributed by atoms with Crippen LogP contribution in [0.25, 0.3) is 20.5 Å². The second-order valence-corrected chi connectivity index (χ2v) is 5.86. The van der Waals surface area contributed by atoms with Crippen LogP contribution in [0.2, 0.25) is 0 Å². The van der Waals surface area contributed by atoms with E-state index in [4.69, 9.17) is 4.74 Å². The summed E-state index contributed by atoms with van der Waals surface area (Å²) < 4.78 is 5.85. The molecule has 18 heavy (non-hydrogen) atoms. The Morgan fingerprint density at radius 1 is 1.22 bits per heavy atom. The van der Waals surface area contributed by atoms with Crippen molar-refractivity contribution < 1.29 is 9.53 Å². The van der Waals surface area contributed by atoms with Gasteiger partial charge >= 0.3 is 5.97 Å². The number of hydrogen-bond donors (Lipinski definition) is 0. The summed E-state index contributed by atoms with van der Waals surface area (Å²) in [7, 11) is 1.41. The zero-order chi connectivity index (χ0) is 12.5. The number of rotatable bonds is 2. The van der Waals surface area contributed by atoms with Gasteiger partial charge in [0.25, 0.3) is 0 Å². The standard InChI is InChI=1S/C14H10O2S2/c1-16-14(15)13-8-10-7-9(4-5-12(10)18-13)11-3-2-6-17-11/h2-8H,1H3. The van der Waals surface area contributed by atoms with E-state index in [1.807, 2.05) is 12.1 Å². The lowest BCUT2D eigenvalue weighted by Crippen LogP contribution is -1.96. The van der Waals surface area contributed by atoms with E-state index in [1.54, 1.807) is 11.3 Å². The molecule has 0 fully saturated rings. The lowest BCUT2D eigenvalue weighted by molar-refractivity contribution is 0.0606. The van der Waals surface area contributed by atoms with Gasteiger partial charge < -0.3 is 4.74 Å². The summed E-state index contributed by atoms with van der Waals surface area (Å²) in [5.41, 5.74) is 1.19. The zero-order valence-corrected chi connectivity index (χ0v) is 11.3. The molecule has 0 radical (unpaired) electrons. The second kappa shape index (κ2) is 4.55. The third-order valence-electron chi connectivity index (χ3n) is 2.71. The minimum atomic E-state index is -0.270. The number of methoxy groups -OCH3 is 1. The fraction of sp³-hybridized carbons (Fsp3) is 0.0714. The first-order valence-electron chi connectivity index (χ1n) is 5.44. The summed E-state index contributed by atoms with van der Waals surface area (Å²) in [6.45, 7) is 0. The molecule has 0 atom stereocenters. The highest BCUT2D eigenvalue weighted by atomic mass is 32.1. The first kappa shape index (κ1) is 11.4. The van der Waals surface area contributed by atoms with Gasteiger partial charge in [-0.15, -0.1) is 22.7 Å². The molecule has 4 heteroatoms. The van der Waals surface area contributed by atoms with Crippen LogP contribution in [0.1, 0.15) is 9.67 Å². The molecule has 0 aliphatic rings. The molecule has 2 heterocycles. The Morgan fingerprint density at radius 2 is 2.11 bits per heavy atom. The maximum atomic E-state index is 11.5. The third kappa shape index (κ3) is 1.94. The molecule has 2 aromatic heterocycles. The molecular formula is C14H10O2S2. The number of carbonyl (C=O) groups excluding carboxylic acids is 1. The van der Waals surface area contributed by atoms with Crippen molar-refractivity contribution in [1.29, 1.82) is 0 Å². The van der Waals surface area contributed by atoms with Crippen LogP contribution in [0.3, 0.4) is 0 Å². The van der Waals surface area contributed by atoms with Crippen LogP contribution in [0, 0.1) is 0 Å². The van der Waals surface area contributed by atoms with E-state index in [1.165, 1.54) is 28.9 Å². The van der Waals surface area contributed by atoms with Gasteiger partial charge in [0, 0.05) is 9.58 Å². The van der Waals surface area contributed by atoms with Gasteiger partial charge in [-0.3, -0.25) is 0 Å². The summed E-state index contributed by atoms with van der Waals surface area (Å²) in [6.07, 6.45) is 0. The van der Waals surface area contributed by atoms with Crippen molar-refractivity contribution >= 4 is 38.7 Å². The predicted molar refractivity (Wildman–Crippen MR) is 76.5 cm³/mol. The number of thiophene rings is 2. The summed E-state index contributed by atoms with van der Waals surface area (Å²) in [5.74, 6) is -0.270. The highest BCUT2D eigenvalue weighted by Crippen LogP contribution is 2.32. The monoisotopic (exact) mass is 274 g/mol. The molecule has 0 saturated carbocycles. The summed E-state index contributed by atoms with van der Waals surface area (Å²) in [5, 5.41) is 3.15. The van der Waals surface area contributed by atoms with Crippen molar-refractivity contribution in [3.63, 3.8) is 0 Å². The lowest BCUT2D eigenvalue weighted by Gasteiger charge is -1.96. The Morgan fingerprint density at radius 3 is 2.83 bits per heavy atom. The highest BCUT2D eigenvalue weighted by Gasteiger charge is 2.10. The van der Waals surface area contributed by atoms with Gasteiger partial charge in [0.15, 0.2) is 0 Å². The number of carbonyl (C=O) groups is 1. The first-order chi connectivity index (χ1) is 8.78. The van der Waals surface area contributed by atoms with E-state index in [2.05, 4.69) is 29.6 Å². The summed E-state index contributed by atoms with van der Waals surface area (Å²) in [6, 6.07) is 12.3. The van der Waals surface area contributed by atoms with Crippen LogP contribution in [-0.2, 0) is 4.74 Å². The largest absolute Gasteiger partial charge is 0.465 e. The number of hydrogen-bond acceptors (Lipinski definition) is 4. The molecule has 2 nitrogen and oxygen atoms in total. The Bertz CT molecular complexity index is 696. The molecule has 0 aliphatic carbocycles. The number of ether oxygens (including phenoxy) is 1. The molecule has 0 aliphatic heterocycles. The molecule has 0 amide bonds. The van der Waals surface area contributed by atoms with Gasteiger partial charge in [-0.2, -0.15) is 0 Å². The van der Waals surface area contributed by atoms with E-state index in [0.29, 0.717) is 4.88 Å². The van der Waals surface area contributed by atoms with Crippen molar-refractivity contribution in [3.05, 3.63) is 46.7 Å². The van der Waals surface area contributed by atoms with E-state index < -0.39 is 0 Å². The normalized spacial score (nSPS) is 10.7. The van der Waals surface area contributed by atoms with Gasteiger partial charge in [0.2, 0.25) is 0 Å². The number of benzene rings is 1. The summed E-state index contributed by atoms with van der Waals surface area (Å²) >= 11 is 3.18. The van der Waals surface area contributed by atoms with E-state index in [0.717, 1.165) is 10.1 Å². The lowest BCUT2D eigenvalue weighted by atomic mass is 10.1. The summed E-state index contributed by atoms with van der Waals surface area (Å²) in [4.78, 5) is 13.4. The van der Waals surface area contributed by atoms with Crippen molar-refractivity contribution in [1.82, 2.24) is 0 Å². The first-order valence-corrected chi connectivity index (χ1v) is 7.13. The molecule has 0 unspecified atom stereocenters. The molecule has 0 spiro atoms. The molecule has 0 N–H and O–H groups in total. The van der Waals surface area contributed by atoms with Gasteiger partial charge in [-0.1, -0.05) is 12.1 Å². The number of fused-ring (bicyclic) bond motifs is 1.